The van der Waals surface area contributed by atoms with Crippen molar-refractivity contribution >= 4 is 23.7 Å². The molecule has 0 saturated carbocycles. The smallest absolute Gasteiger partial charge is 0.226 e. The van der Waals surface area contributed by atoms with Crippen LogP contribution in [0.1, 0.15) is 12.8 Å². The normalized spacial score (nSPS) is 13.1. The molecule has 1 aromatic rings. The van der Waals surface area contributed by atoms with E-state index < -0.39 is 0 Å². The lowest BCUT2D eigenvalue weighted by Crippen LogP contribution is -2.16. The van der Waals surface area contributed by atoms with Crippen molar-refractivity contribution in [2.75, 3.05) is 12.9 Å². The van der Waals surface area contributed by atoms with Crippen molar-refractivity contribution in [3.8, 4) is 0 Å². The van der Waals surface area contributed by atoms with Crippen LogP contribution in [0.25, 0.3) is 6.20 Å². The zero-order chi connectivity index (χ0) is 13.1. The van der Waals surface area contributed by atoms with Crippen LogP contribution >= 0.6 is 11.6 Å². The highest BCUT2D eigenvalue weighted by molar-refractivity contribution is 6.15. The Kier molecular flexibility index (Phi) is 8.78. The molecule has 1 aromatic heterocycles. The molecule has 0 aromatic carbocycles. The van der Waals surface area contributed by atoms with Gasteiger partial charge in [-0.15, -0.1) is 11.6 Å². The topological polar surface area (TPSA) is 38.1 Å². The minimum Gasteiger partial charge on any atom is -0.320 e. The Bertz CT molecular complexity index is 336. The summed E-state index contributed by atoms with van der Waals surface area (Å²) in [5.74, 6) is 0.208. The number of carbonyl (C=O) groups excluding carboxylic acids is 1. The van der Waals surface area contributed by atoms with Crippen molar-refractivity contribution in [2.24, 2.45) is 0 Å². The molecular weight excluding hydrogens is 238 g/mol. The molecule has 1 saturated heterocycles. The van der Waals surface area contributed by atoms with Gasteiger partial charge in [0.25, 0.3) is 0 Å². The Morgan fingerprint density at radius 2 is 2.12 bits per heavy atom. The number of aromatic nitrogens is 2. The van der Waals surface area contributed by atoms with Gasteiger partial charge in [-0.25, -0.2) is 4.98 Å². The van der Waals surface area contributed by atoms with Crippen LogP contribution in [0.2, 0.25) is 0 Å². The number of imidazole rings is 1. The number of carbonyl (C=O) groups is 1. The third-order valence-corrected chi connectivity index (χ3v) is 2.07. The molecule has 0 radical (unpaired) electrons. The zero-order valence-electron chi connectivity index (χ0n) is 10.1. The van der Waals surface area contributed by atoms with E-state index in [1.807, 2.05) is 6.20 Å². The Hall–Kier alpha value is -1.55. The molecule has 17 heavy (non-hydrogen) atoms. The van der Waals surface area contributed by atoms with Crippen LogP contribution in [0.4, 0.5) is 0 Å². The fourth-order valence-corrected chi connectivity index (χ4v) is 1.24. The number of halogens is 1. The maximum absolute atomic E-state index is 10.7. The minimum absolute atomic E-state index is 0.208. The van der Waals surface area contributed by atoms with Gasteiger partial charge in [-0.3, -0.25) is 4.79 Å². The van der Waals surface area contributed by atoms with Gasteiger partial charge in [-0.05, 0) is 12.6 Å². The maximum Gasteiger partial charge on any atom is 0.226 e. The molecule has 1 aliphatic rings. The van der Waals surface area contributed by atoms with Gasteiger partial charge < -0.3 is 9.47 Å². The van der Waals surface area contributed by atoms with Crippen molar-refractivity contribution < 1.29 is 4.79 Å². The largest absolute Gasteiger partial charge is 0.320 e. The van der Waals surface area contributed by atoms with Crippen LogP contribution in [0, 0.1) is 0 Å². The second-order valence-electron chi connectivity index (χ2n) is 3.07. The van der Waals surface area contributed by atoms with Gasteiger partial charge in [0.2, 0.25) is 5.91 Å². The van der Waals surface area contributed by atoms with Crippen LogP contribution in [0.3, 0.4) is 0 Å². The first kappa shape index (κ1) is 15.4. The molecule has 0 spiro atoms. The molecule has 2 heterocycles. The summed E-state index contributed by atoms with van der Waals surface area (Å²) < 4.78 is 1.78. The summed E-state index contributed by atoms with van der Waals surface area (Å²) in [7, 11) is 0. The first-order chi connectivity index (χ1) is 8.27. The van der Waals surface area contributed by atoms with Crippen LogP contribution < -0.4 is 0 Å². The van der Waals surface area contributed by atoms with Gasteiger partial charge in [0.1, 0.15) is 0 Å². The molecular formula is C12H18ClN3O. The van der Waals surface area contributed by atoms with Crippen LogP contribution in [0.15, 0.2) is 38.1 Å². The molecule has 1 fully saturated rings. The van der Waals surface area contributed by atoms with E-state index in [9.17, 15) is 4.79 Å². The predicted molar refractivity (Wildman–Crippen MR) is 71.5 cm³/mol. The molecule has 5 heteroatoms. The second-order valence-corrected chi connectivity index (χ2v) is 3.07. The van der Waals surface area contributed by atoms with Crippen molar-refractivity contribution in [2.45, 2.75) is 12.8 Å². The van der Waals surface area contributed by atoms with E-state index >= 15 is 0 Å². The van der Waals surface area contributed by atoms with Crippen LogP contribution in [-0.2, 0) is 4.79 Å². The summed E-state index contributed by atoms with van der Waals surface area (Å²) in [6, 6.07) is 0. The number of likely N-dealkylation sites (tertiary alicyclic amines) is 1. The Labute approximate surface area is 107 Å². The summed E-state index contributed by atoms with van der Waals surface area (Å²) in [4.78, 5) is 16.1. The molecule has 0 bridgehead atoms. The van der Waals surface area contributed by atoms with Gasteiger partial charge in [-0.1, -0.05) is 13.2 Å². The summed E-state index contributed by atoms with van der Waals surface area (Å²) in [6.07, 6.45) is 11.7. The van der Waals surface area contributed by atoms with Crippen LogP contribution in [-0.4, -0.2) is 33.3 Å². The Morgan fingerprint density at radius 1 is 1.41 bits per heavy atom. The molecule has 1 amide bonds. The number of amides is 1. The van der Waals surface area contributed by atoms with Gasteiger partial charge in [0.05, 0.1) is 6.33 Å². The van der Waals surface area contributed by atoms with Gasteiger partial charge in [0.15, 0.2) is 0 Å². The van der Waals surface area contributed by atoms with Crippen molar-refractivity contribution in [3.63, 3.8) is 0 Å². The van der Waals surface area contributed by atoms with Gasteiger partial charge in [-0.2, -0.15) is 0 Å². The van der Waals surface area contributed by atoms with E-state index in [0.717, 1.165) is 13.0 Å². The lowest BCUT2D eigenvalue weighted by Gasteiger charge is -2.05. The Morgan fingerprint density at radius 3 is 2.35 bits per heavy atom. The average molecular weight is 256 g/mol. The third-order valence-electron chi connectivity index (χ3n) is 2.07. The number of hydrogen-bond acceptors (Lipinski definition) is 2. The lowest BCUT2D eigenvalue weighted by molar-refractivity contribution is -0.125. The van der Waals surface area contributed by atoms with E-state index in [1.165, 1.54) is 6.38 Å². The first-order valence-corrected chi connectivity index (χ1v) is 5.93. The van der Waals surface area contributed by atoms with E-state index in [-0.39, 0.29) is 5.91 Å². The minimum atomic E-state index is 0.208. The second kappa shape index (κ2) is 9.66. The standard InChI is InChI=1S/C6H9NO.C5H6N2.CH3Cl/c1-2-7-5-3-4-6(7)8;1-2-7-4-3-6-5-7;1-2/h2H,1,3-5H2;2-5H,1H2;1H3. The van der Waals surface area contributed by atoms with Gasteiger partial charge >= 0.3 is 0 Å². The molecule has 1 aliphatic heterocycles. The molecule has 4 nitrogen and oxygen atoms in total. The Balaban J connectivity index is 0.000000265. The van der Waals surface area contributed by atoms with E-state index in [4.69, 9.17) is 0 Å². The zero-order valence-corrected chi connectivity index (χ0v) is 10.8. The van der Waals surface area contributed by atoms with Gasteiger partial charge in [0, 0.05) is 37.9 Å². The molecule has 0 atom stereocenters. The predicted octanol–water partition coefficient (Wildman–Crippen LogP) is 2.59. The molecule has 2 rings (SSSR count). The van der Waals surface area contributed by atoms with Crippen LogP contribution in [0.5, 0.6) is 0 Å². The fourth-order valence-electron chi connectivity index (χ4n) is 1.24. The lowest BCUT2D eigenvalue weighted by atomic mass is 10.4. The maximum atomic E-state index is 10.7. The molecule has 94 valence electrons. The van der Waals surface area contributed by atoms with Crippen molar-refractivity contribution in [3.05, 3.63) is 38.1 Å². The highest BCUT2D eigenvalue weighted by atomic mass is 35.5. The monoisotopic (exact) mass is 255 g/mol. The SMILES string of the molecule is C=CN1CCCC1=O.C=Cn1ccnc1.CCl. The molecule has 0 N–H and O–H groups in total. The highest BCUT2D eigenvalue weighted by Gasteiger charge is 2.15. The molecule has 0 aliphatic carbocycles. The van der Waals surface area contributed by atoms with Crippen molar-refractivity contribution in [1.82, 2.24) is 14.5 Å². The molecule has 0 unspecified atom stereocenters. The summed E-state index contributed by atoms with van der Waals surface area (Å²) in [5.41, 5.74) is 0. The van der Waals surface area contributed by atoms with E-state index in [0.29, 0.717) is 6.42 Å². The number of nitrogens with zero attached hydrogens (tertiary/aromatic N) is 3. The number of hydrogen-bond donors (Lipinski definition) is 0. The number of rotatable bonds is 2. The third kappa shape index (κ3) is 5.92. The quantitative estimate of drug-likeness (QED) is 0.762. The summed E-state index contributed by atoms with van der Waals surface area (Å²) >= 11 is 4.64. The number of alkyl halides is 1. The first-order valence-electron chi connectivity index (χ1n) is 5.17. The highest BCUT2D eigenvalue weighted by Crippen LogP contribution is 2.08. The fraction of sp³-hybridized carbons (Fsp3) is 0.333. The van der Waals surface area contributed by atoms with E-state index in [2.05, 4.69) is 29.7 Å². The van der Waals surface area contributed by atoms with Crippen molar-refractivity contribution in [1.29, 1.82) is 0 Å². The summed E-state index contributed by atoms with van der Waals surface area (Å²) in [5, 5.41) is 0. The van der Waals surface area contributed by atoms with E-state index in [1.54, 1.807) is 34.4 Å². The average Bonchev–Trinajstić information content (AvgIpc) is 3.03. The summed E-state index contributed by atoms with van der Waals surface area (Å²) in [6.45, 7) is 7.89.